The Morgan fingerprint density at radius 3 is 0.429 bits per heavy atom. The summed E-state index contributed by atoms with van der Waals surface area (Å²) in [6, 6.07) is 0. The van der Waals surface area contributed by atoms with Gasteiger partial charge in [-0.05, 0) is 0 Å². The van der Waals surface area contributed by atoms with E-state index in [1.165, 1.54) is 0 Å². The van der Waals surface area contributed by atoms with Gasteiger partial charge in [0.25, 0.3) is 0 Å². The zero-order valence-electron chi connectivity index (χ0n) is 3.74. The van der Waals surface area contributed by atoms with Crippen LogP contribution in [0.4, 0.5) is 0 Å². The van der Waals surface area contributed by atoms with Gasteiger partial charge >= 0.3 is 40.6 Å². The van der Waals surface area contributed by atoms with E-state index in [0.717, 1.165) is 0 Å². The van der Waals surface area contributed by atoms with E-state index in [1.807, 2.05) is 0 Å². The summed E-state index contributed by atoms with van der Waals surface area (Å²) in [5, 5.41) is 0. The van der Waals surface area contributed by atoms with Gasteiger partial charge in [-0.1, -0.05) is 0 Å². The molecule has 0 aliphatic carbocycles. The van der Waals surface area contributed by atoms with Crippen molar-refractivity contribution in [3.05, 3.63) is 0 Å². The van der Waals surface area contributed by atoms with E-state index in [-0.39, 0.29) is 68.0 Å². The summed E-state index contributed by atoms with van der Waals surface area (Å²) < 4.78 is 0. The van der Waals surface area contributed by atoms with Crippen LogP contribution in [0, 0.1) is 0 Å². The van der Waals surface area contributed by atoms with Gasteiger partial charge in [-0.15, -0.1) is 0 Å². The Kier molecular flexibility index (Phi) is 10200. The smallest absolute Gasteiger partial charge is 0.870 e. The molecule has 40 valence electrons. The van der Waals surface area contributed by atoms with Crippen LogP contribution in [0.3, 0.4) is 0 Å². The third-order valence-corrected chi connectivity index (χ3v) is 0. The van der Waals surface area contributed by atoms with Gasteiger partial charge in [-0.25, -0.2) is 0 Å². The van der Waals surface area contributed by atoms with Crippen LogP contribution in [0.2, 0.25) is 0 Å². The fourth-order valence-corrected chi connectivity index (χ4v) is 0. The molecule has 7 heteroatoms. The second-order valence-electron chi connectivity index (χ2n) is 0. The first-order chi connectivity index (χ1) is 0. The van der Waals surface area contributed by atoms with Gasteiger partial charge in [0.05, 0.1) is 0 Å². The topological polar surface area (TPSA) is 150 Å². The third-order valence-electron chi connectivity index (χ3n) is 0. The first-order valence-electron chi connectivity index (χ1n) is 0. The predicted molar refractivity (Wildman–Crippen MR) is 9.68 cm³/mol. The van der Waals surface area contributed by atoms with Crippen molar-refractivity contribution in [1.82, 2.24) is 0 Å². The quantitative estimate of drug-likeness (QED) is 0.315. The number of hydrogen-bond donors (Lipinski definition) is 0. The maximum absolute atomic E-state index is 0. The predicted octanol–water partition coefficient (Wildman–Crippen LogP) is -3.88. The van der Waals surface area contributed by atoms with Crippen molar-refractivity contribution in [2.45, 2.75) is 0 Å². The van der Waals surface area contributed by atoms with Crippen molar-refractivity contribution in [3.63, 3.8) is 0 Å². The first-order valence-corrected chi connectivity index (χ1v) is 0. The largest absolute Gasteiger partial charge is 4.00 e. The van der Waals surface area contributed by atoms with Crippen molar-refractivity contribution >= 4 is 0 Å². The molecule has 5 N–H and O–H groups in total. The molecule has 0 heterocycles. The molecule has 0 rings (SSSR count). The molecule has 0 bridgehead atoms. The molecule has 5 nitrogen and oxygen atoms in total. The molecular weight excluding hydrogens is 135 g/mol. The molecule has 0 aliphatic heterocycles. The van der Waals surface area contributed by atoms with Crippen LogP contribution in [0.25, 0.3) is 0 Å². The second kappa shape index (κ2) is 215. The minimum absolute atomic E-state index is 0. The van der Waals surface area contributed by atoms with Gasteiger partial charge < -0.3 is 27.4 Å². The van der Waals surface area contributed by atoms with Crippen LogP contribution in [-0.2, 0) is 21.7 Å². The van der Waals surface area contributed by atoms with Crippen LogP contribution < -0.4 is 18.9 Å². The molecule has 0 unspecified atom stereocenters. The van der Waals surface area contributed by atoms with E-state index >= 15 is 0 Å². The molecule has 0 aromatic carbocycles. The van der Waals surface area contributed by atoms with Gasteiger partial charge in [-0.3, -0.25) is 0 Å². The Morgan fingerprint density at radius 1 is 0.429 bits per heavy atom. The first kappa shape index (κ1) is 332. The summed E-state index contributed by atoms with van der Waals surface area (Å²) in [4.78, 5) is 0. The van der Waals surface area contributed by atoms with Gasteiger partial charge in [0.2, 0.25) is 0 Å². The Hall–Kier alpha value is 1.11. The molecule has 0 saturated carbocycles. The Balaban J connectivity index is 0. The van der Waals surface area contributed by atoms with Gasteiger partial charge in [0, 0.05) is 0 Å². The van der Waals surface area contributed by atoms with Crippen LogP contribution in [0.15, 0.2) is 0 Å². The van der Waals surface area contributed by atoms with E-state index in [2.05, 4.69) is 0 Å². The van der Waals surface area contributed by atoms with Crippen molar-refractivity contribution in [2.75, 3.05) is 0 Å². The van der Waals surface area contributed by atoms with Crippen LogP contribution >= 0.6 is 0 Å². The molecular formula is H5LiO5Ti. The zero-order valence-corrected chi connectivity index (χ0v) is 5.30. The van der Waals surface area contributed by atoms with E-state index in [0.29, 0.717) is 0 Å². The second-order valence-corrected chi connectivity index (χ2v) is 0. The maximum Gasteiger partial charge on any atom is 4.00 e. The molecule has 0 fully saturated rings. The number of hydrogen-bond acceptors (Lipinski definition) is 5. The molecule has 0 saturated heterocycles. The molecule has 0 atom stereocenters. The molecule has 0 spiro atoms. The molecule has 0 amide bonds. The van der Waals surface area contributed by atoms with Crippen LogP contribution in [-0.4, -0.2) is 27.4 Å². The number of rotatable bonds is 0. The average Bonchev–Trinajstić information content (AvgIpc) is 0. The molecule has 0 aliphatic rings. The van der Waals surface area contributed by atoms with Crippen LogP contribution in [0.5, 0.6) is 0 Å². The van der Waals surface area contributed by atoms with Gasteiger partial charge in [0.1, 0.15) is 0 Å². The van der Waals surface area contributed by atoms with Crippen molar-refractivity contribution < 1.29 is 68.0 Å². The molecule has 0 aromatic heterocycles. The Morgan fingerprint density at radius 2 is 0.429 bits per heavy atom. The van der Waals surface area contributed by atoms with E-state index in [4.69, 9.17) is 0 Å². The summed E-state index contributed by atoms with van der Waals surface area (Å²) >= 11 is 0. The summed E-state index contributed by atoms with van der Waals surface area (Å²) in [7, 11) is 0. The average molecular weight is 140 g/mol. The van der Waals surface area contributed by atoms with Crippen molar-refractivity contribution in [3.8, 4) is 0 Å². The minimum Gasteiger partial charge on any atom is -0.870 e. The summed E-state index contributed by atoms with van der Waals surface area (Å²) in [6.07, 6.45) is 0. The molecule has 7 heavy (non-hydrogen) atoms. The van der Waals surface area contributed by atoms with Gasteiger partial charge in [-0.2, -0.15) is 0 Å². The van der Waals surface area contributed by atoms with E-state index in [9.17, 15) is 0 Å². The maximum atomic E-state index is 0. The summed E-state index contributed by atoms with van der Waals surface area (Å²) in [5.74, 6) is 0. The molecule has 0 aromatic rings. The normalized spacial score (nSPS) is 0. The Bertz CT molecular complexity index is 8.04. The van der Waals surface area contributed by atoms with Gasteiger partial charge in [0.15, 0.2) is 0 Å². The minimum atomic E-state index is 0. The summed E-state index contributed by atoms with van der Waals surface area (Å²) in [5.41, 5.74) is 0. The molecule has 0 radical (unpaired) electrons. The fourth-order valence-electron chi connectivity index (χ4n) is 0. The zero-order chi connectivity index (χ0) is 0. The monoisotopic (exact) mass is 140 g/mol. The third kappa shape index (κ3) is 150. The Labute approximate surface area is 68.1 Å². The summed E-state index contributed by atoms with van der Waals surface area (Å²) in [6.45, 7) is 0. The van der Waals surface area contributed by atoms with Crippen molar-refractivity contribution in [1.29, 1.82) is 0 Å². The van der Waals surface area contributed by atoms with Crippen molar-refractivity contribution in [2.24, 2.45) is 0 Å². The van der Waals surface area contributed by atoms with E-state index in [1.54, 1.807) is 0 Å². The standard InChI is InChI=1S/Li.5H2O.Ti/h;5*1H2;/q+1;;;;;;+4/p-5. The van der Waals surface area contributed by atoms with Crippen LogP contribution in [0.1, 0.15) is 0 Å². The SMILES string of the molecule is [Li+].[OH-].[OH-].[OH-].[OH-].[OH-].[Ti+4]. The fraction of sp³-hybridized carbons (Fsp3) is 0. The van der Waals surface area contributed by atoms with E-state index < -0.39 is 0 Å².